The van der Waals surface area contributed by atoms with Crippen molar-refractivity contribution in [2.45, 2.75) is 39.0 Å². The van der Waals surface area contributed by atoms with Crippen molar-refractivity contribution in [3.05, 3.63) is 51.5 Å². The molecule has 0 bridgehead atoms. The molecular formula is C19H20ClN3O3S. The SMILES string of the molecule is Cc1nn(Cc2ccccc2Cl)c2sc(C(=O)NOC3CCCCO3)cc12. The van der Waals surface area contributed by atoms with E-state index in [-0.39, 0.29) is 12.2 Å². The average molecular weight is 406 g/mol. The van der Waals surface area contributed by atoms with E-state index in [1.807, 2.05) is 41.9 Å². The minimum Gasteiger partial charge on any atom is -0.350 e. The van der Waals surface area contributed by atoms with E-state index in [9.17, 15) is 4.79 Å². The molecule has 1 aliphatic rings. The number of aryl methyl sites for hydroxylation is 1. The molecule has 1 fully saturated rings. The Morgan fingerprint density at radius 1 is 1.44 bits per heavy atom. The molecule has 1 aromatic carbocycles. The number of halogens is 1. The number of thiophene rings is 1. The van der Waals surface area contributed by atoms with Gasteiger partial charge in [-0.2, -0.15) is 5.10 Å². The first kappa shape index (κ1) is 18.4. The van der Waals surface area contributed by atoms with Crippen molar-refractivity contribution in [2.24, 2.45) is 0 Å². The van der Waals surface area contributed by atoms with Gasteiger partial charge in [-0.1, -0.05) is 29.8 Å². The number of rotatable bonds is 5. The van der Waals surface area contributed by atoms with Gasteiger partial charge in [0, 0.05) is 23.4 Å². The van der Waals surface area contributed by atoms with Gasteiger partial charge in [-0.25, -0.2) is 10.3 Å². The van der Waals surface area contributed by atoms with E-state index in [0.29, 0.717) is 23.1 Å². The van der Waals surface area contributed by atoms with E-state index >= 15 is 0 Å². The van der Waals surface area contributed by atoms with Crippen molar-refractivity contribution < 1.29 is 14.4 Å². The number of amides is 1. The molecule has 1 amide bonds. The Hall–Kier alpha value is -1.93. The summed E-state index contributed by atoms with van der Waals surface area (Å²) in [6.07, 6.45) is 2.50. The predicted molar refractivity (Wildman–Crippen MR) is 105 cm³/mol. The Balaban J connectivity index is 1.51. The van der Waals surface area contributed by atoms with Crippen LogP contribution in [0.15, 0.2) is 30.3 Å². The number of benzene rings is 1. The number of nitrogens with one attached hydrogen (secondary N) is 1. The molecule has 142 valence electrons. The normalized spacial score (nSPS) is 17.3. The summed E-state index contributed by atoms with van der Waals surface area (Å²) >= 11 is 7.66. The largest absolute Gasteiger partial charge is 0.350 e. The number of fused-ring (bicyclic) bond motifs is 1. The molecule has 0 saturated carbocycles. The average Bonchev–Trinajstić information content (AvgIpc) is 3.24. The Morgan fingerprint density at radius 3 is 3.07 bits per heavy atom. The van der Waals surface area contributed by atoms with Crippen molar-refractivity contribution in [1.82, 2.24) is 15.3 Å². The van der Waals surface area contributed by atoms with E-state index in [2.05, 4.69) is 10.6 Å². The first-order valence-electron chi connectivity index (χ1n) is 8.90. The molecule has 3 heterocycles. The van der Waals surface area contributed by atoms with Gasteiger partial charge in [0.1, 0.15) is 4.83 Å². The second-order valence-corrected chi connectivity index (χ2v) is 7.95. The fourth-order valence-corrected chi connectivity index (χ4v) is 4.34. The molecular weight excluding hydrogens is 386 g/mol. The van der Waals surface area contributed by atoms with Crippen molar-refractivity contribution in [3.63, 3.8) is 0 Å². The molecule has 6 nitrogen and oxygen atoms in total. The van der Waals surface area contributed by atoms with Crippen molar-refractivity contribution in [1.29, 1.82) is 0 Å². The zero-order valence-electron chi connectivity index (χ0n) is 14.9. The van der Waals surface area contributed by atoms with Crippen molar-refractivity contribution in [2.75, 3.05) is 6.61 Å². The molecule has 4 rings (SSSR count). The Morgan fingerprint density at radius 2 is 2.30 bits per heavy atom. The van der Waals surface area contributed by atoms with E-state index < -0.39 is 0 Å². The van der Waals surface area contributed by atoms with Crippen LogP contribution < -0.4 is 5.48 Å². The highest BCUT2D eigenvalue weighted by Crippen LogP contribution is 2.29. The summed E-state index contributed by atoms with van der Waals surface area (Å²) in [4.78, 5) is 19.4. The molecule has 0 radical (unpaired) electrons. The molecule has 1 saturated heterocycles. The number of nitrogens with zero attached hydrogens (tertiary/aromatic N) is 2. The zero-order valence-corrected chi connectivity index (χ0v) is 16.5. The lowest BCUT2D eigenvalue weighted by atomic mass is 10.2. The number of hydrogen-bond acceptors (Lipinski definition) is 5. The number of hydroxylamine groups is 1. The molecule has 2 aromatic heterocycles. The van der Waals surface area contributed by atoms with Crippen LogP contribution in [0, 0.1) is 6.92 Å². The van der Waals surface area contributed by atoms with Crippen molar-refractivity contribution >= 4 is 39.1 Å². The maximum absolute atomic E-state index is 12.5. The fourth-order valence-electron chi connectivity index (χ4n) is 3.09. The highest BCUT2D eigenvalue weighted by atomic mass is 35.5. The number of ether oxygens (including phenoxy) is 1. The number of aromatic nitrogens is 2. The third-order valence-corrected chi connectivity index (χ3v) is 6.05. The predicted octanol–water partition coefficient (Wildman–Crippen LogP) is 4.30. The molecule has 1 atom stereocenters. The number of hydrogen-bond donors (Lipinski definition) is 1. The fraction of sp³-hybridized carbons (Fsp3) is 0.368. The summed E-state index contributed by atoms with van der Waals surface area (Å²) in [5.74, 6) is -0.269. The Bertz CT molecular complexity index is 962. The van der Waals surface area contributed by atoms with E-state index in [0.717, 1.165) is 40.7 Å². The maximum Gasteiger partial charge on any atom is 0.285 e. The summed E-state index contributed by atoms with van der Waals surface area (Å²) in [5.41, 5.74) is 4.38. The standard InChI is InChI=1S/C19H20ClN3O3S/c1-12-14-10-16(18(24)22-26-17-8-4-5-9-25-17)27-19(14)23(21-12)11-13-6-2-3-7-15(13)20/h2-3,6-7,10,17H,4-5,8-9,11H2,1H3,(H,22,24). The topological polar surface area (TPSA) is 65.4 Å². The summed E-state index contributed by atoms with van der Waals surface area (Å²) in [6.45, 7) is 3.16. The van der Waals surface area contributed by atoms with Gasteiger partial charge < -0.3 is 4.74 Å². The van der Waals surface area contributed by atoms with Crippen molar-refractivity contribution in [3.8, 4) is 0 Å². The highest BCUT2D eigenvalue weighted by Gasteiger charge is 2.20. The minimum absolute atomic E-state index is 0.269. The lowest BCUT2D eigenvalue weighted by Crippen LogP contribution is -2.32. The molecule has 1 aliphatic heterocycles. The molecule has 3 aromatic rings. The summed E-state index contributed by atoms with van der Waals surface area (Å²) < 4.78 is 7.35. The Kier molecular flexibility index (Phi) is 5.45. The van der Waals surface area contributed by atoms with Gasteiger partial charge in [-0.05, 0) is 37.5 Å². The molecule has 0 spiro atoms. The first-order chi connectivity index (χ1) is 13.1. The Labute approximate surface area is 166 Å². The van der Waals surface area contributed by atoms with Crippen LogP contribution in [0.25, 0.3) is 10.2 Å². The minimum atomic E-state index is -0.366. The molecule has 8 heteroatoms. The van der Waals surface area contributed by atoms with Gasteiger partial charge in [0.25, 0.3) is 5.91 Å². The highest BCUT2D eigenvalue weighted by molar-refractivity contribution is 7.20. The van der Waals surface area contributed by atoms with Crippen LogP contribution in [-0.4, -0.2) is 28.6 Å². The quantitative estimate of drug-likeness (QED) is 0.643. The summed E-state index contributed by atoms with van der Waals surface area (Å²) in [7, 11) is 0. The van der Waals surface area contributed by atoms with Crippen LogP contribution in [0.3, 0.4) is 0 Å². The van der Waals surface area contributed by atoms with Gasteiger partial charge in [-0.3, -0.25) is 9.48 Å². The molecule has 1 unspecified atom stereocenters. The van der Waals surface area contributed by atoms with Gasteiger partial charge in [0.15, 0.2) is 6.29 Å². The second-order valence-electron chi connectivity index (χ2n) is 6.51. The van der Waals surface area contributed by atoms with Crippen LogP contribution >= 0.6 is 22.9 Å². The molecule has 27 heavy (non-hydrogen) atoms. The van der Waals surface area contributed by atoms with Crippen LogP contribution in [0.4, 0.5) is 0 Å². The molecule has 0 aliphatic carbocycles. The smallest absolute Gasteiger partial charge is 0.285 e. The summed E-state index contributed by atoms with van der Waals surface area (Å²) in [6, 6.07) is 9.55. The van der Waals surface area contributed by atoms with E-state index in [1.165, 1.54) is 11.3 Å². The van der Waals surface area contributed by atoms with E-state index in [4.69, 9.17) is 21.2 Å². The van der Waals surface area contributed by atoms with E-state index in [1.54, 1.807) is 0 Å². The molecule has 1 N–H and O–H groups in total. The van der Waals surface area contributed by atoms with Gasteiger partial charge in [-0.15, -0.1) is 11.3 Å². The maximum atomic E-state index is 12.5. The van der Waals surface area contributed by atoms with Crippen LogP contribution in [0.2, 0.25) is 5.02 Å². The summed E-state index contributed by atoms with van der Waals surface area (Å²) in [5, 5.41) is 6.26. The van der Waals surface area contributed by atoms with Crippen LogP contribution in [-0.2, 0) is 16.1 Å². The van der Waals surface area contributed by atoms with Crippen LogP contribution in [0.1, 0.15) is 40.2 Å². The lowest BCUT2D eigenvalue weighted by molar-refractivity contribution is -0.186. The third-order valence-electron chi connectivity index (χ3n) is 4.53. The zero-order chi connectivity index (χ0) is 18.8. The van der Waals surface area contributed by atoms with Gasteiger partial charge in [0.2, 0.25) is 0 Å². The monoisotopic (exact) mass is 405 g/mol. The first-order valence-corrected chi connectivity index (χ1v) is 10.1. The lowest BCUT2D eigenvalue weighted by Gasteiger charge is -2.21. The van der Waals surface area contributed by atoms with Gasteiger partial charge in [0.05, 0.1) is 17.1 Å². The van der Waals surface area contributed by atoms with Crippen LogP contribution in [0.5, 0.6) is 0 Å². The number of carbonyl (C=O) groups is 1. The van der Waals surface area contributed by atoms with Gasteiger partial charge >= 0.3 is 0 Å². The number of carbonyl (C=O) groups excluding carboxylic acids is 1. The third kappa shape index (κ3) is 4.01. The second kappa shape index (κ2) is 7.98.